The molecular weight excluding hydrogens is 304 g/mol. The van der Waals surface area contributed by atoms with Gasteiger partial charge in [0.15, 0.2) is 0 Å². The van der Waals surface area contributed by atoms with Crippen molar-refractivity contribution in [2.45, 2.75) is 39.2 Å². The number of benzene rings is 1. The topological polar surface area (TPSA) is 67.2 Å². The summed E-state index contributed by atoms with van der Waals surface area (Å²) in [4.78, 5) is 26.5. The van der Waals surface area contributed by atoms with Gasteiger partial charge in [-0.1, -0.05) is 6.92 Å². The average Bonchev–Trinajstić information content (AvgIpc) is 3.07. The van der Waals surface area contributed by atoms with E-state index in [-0.39, 0.29) is 11.8 Å². The second-order valence-corrected chi connectivity index (χ2v) is 6.61. The number of nitrogens with one attached hydrogen (secondary N) is 1. The fourth-order valence-electron chi connectivity index (χ4n) is 3.16. The molecule has 1 N–H and O–H groups in total. The van der Waals surface area contributed by atoms with E-state index in [9.17, 15) is 9.59 Å². The molecule has 6 nitrogen and oxygen atoms in total. The summed E-state index contributed by atoms with van der Waals surface area (Å²) >= 11 is 0. The second kappa shape index (κ2) is 5.78. The fourth-order valence-corrected chi connectivity index (χ4v) is 3.16. The highest BCUT2D eigenvalue weighted by Gasteiger charge is 2.42. The molecule has 0 bridgehead atoms. The summed E-state index contributed by atoms with van der Waals surface area (Å²) in [5.41, 5.74) is 2.44. The van der Waals surface area contributed by atoms with Crippen molar-refractivity contribution in [1.82, 2.24) is 9.78 Å². The van der Waals surface area contributed by atoms with Crippen LogP contribution < -0.4 is 10.2 Å². The van der Waals surface area contributed by atoms with Gasteiger partial charge in [0.05, 0.1) is 5.41 Å². The lowest BCUT2D eigenvalue weighted by molar-refractivity contribution is -0.121. The Balaban J connectivity index is 1.88. The van der Waals surface area contributed by atoms with Crippen LogP contribution >= 0.6 is 0 Å². The number of carbonyl (C=O) groups is 2. The van der Waals surface area contributed by atoms with Crippen molar-refractivity contribution in [3.05, 3.63) is 41.7 Å². The van der Waals surface area contributed by atoms with Gasteiger partial charge in [0.25, 0.3) is 5.91 Å². The van der Waals surface area contributed by atoms with Gasteiger partial charge in [-0.05, 0) is 50.1 Å². The number of amides is 2. The fraction of sp³-hybridized carbons (Fsp3) is 0.389. The van der Waals surface area contributed by atoms with Crippen LogP contribution in [-0.4, -0.2) is 28.6 Å². The number of aromatic nitrogens is 2. The van der Waals surface area contributed by atoms with Crippen molar-refractivity contribution in [2.75, 3.05) is 17.3 Å². The number of aryl methyl sites for hydroxylation is 1. The Bertz CT molecular complexity index is 807. The Morgan fingerprint density at radius 3 is 2.75 bits per heavy atom. The number of hydrogen-bond acceptors (Lipinski definition) is 3. The smallest absolute Gasteiger partial charge is 0.273 e. The maximum absolute atomic E-state index is 12.5. The Morgan fingerprint density at radius 1 is 1.29 bits per heavy atom. The molecule has 6 heteroatoms. The zero-order chi connectivity index (χ0) is 17.5. The maximum Gasteiger partial charge on any atom is 0.273 e. The molecule has 24 heavy (non-hydrogen) atoms. The number of carbonyl (C=O) groups excluding carboxylic acids is 2. The summed E-state index contributed by atoms with van der Waals surface area (Å²) in [6.45, 7) is 6.55. The van der Waals surface area contributed by atoms with E-state index in [1.165, 1.54) is 0 Å². The van der Waals surface area contributed by atoms with E-state index in [0.717, 1.165) is 17.7 Å². The molecule has 0 atom stereocenters. The lowest BCUT2D eigenvalue weighted by Gasteiger charge is -2.17. The average molecular weight is 326 g/mol. The predicted molar refractivity (Wildman–Crippen MR) is 93.3 cm³/mol. The van der Waals surface area contributed by atoms with Gasteiger partial charge in [0.1, 0.15) is 5.69 Å². The van der Waals surface area contributed by atoms with Crippen LogP contribution in [0.5, 0.6) is 0 Å². The number of hydrogen-bond donors (Lipinski definition) is 1. The SMILES string of the molecule is CCCn1nccc1C(=O)Nc1ccc2c(c1)C(C)(C)C(=O)N2C. The summed E-state index contributed by atoms with van der Waals surface area (Å²) < 4.78 is 1.70. The monoisotopic (exact) mass is 326 g/mol. The highest BCUT2D eigenvalue weighted by molar-refractivity contribution is 6.08. The number of rotatable bonds is 4. The highest BCUT2D eigenvalue weighted by atomic mass is 16.2. The quantitative estimate of drug-likeness (QED) is 0.939. The Hall–Kier alpha value is -2.63. The van der Waals surface area contributed by atoms with Gasteiger partial charge in [-0.25, -0.2) is 0 Å². The Kier molecular flexibility index (Phi) is 3.91. The van der Waals surface area contributed by atoms with Crippen molar-refractivity contribution in [1.29, 1.82) is 0 Å². The van der Waals surface area contributed by atoms with Crippen LogP contribution in [-0.2, 0) is 16.8 Å². The van der Waals surface area contributed by atoms with Gasteiger partial charge < -0.3 is 10.2 Å². The van der Waals surface area contributed by atoms with Crippen molar-refractivity contribution >= 4 is 23.2 Å². The first-order valence-corrected chi connectivity index (χ1v) is 8.12. The third-order valence-corrected chi connectivity index (χ3v) is 4.51. The Labute approximate surface area is 141 Å². The molecule has 1 aromatic carbocycles. The molecule has 1 aliphatic rings. The van der Waals surface area contributed by atoms with Crippen molar-refractivity contribution in [3.63, 3.8) is 0 Å². The normalized spacial score (nSPS) is 15.5. The van der Waals surface area contributed by atoms with Crippen LogP contribution in [0.2, 0.25) is 0 Å². The first-order chi connectivity index (χ1) is 11.4. The minimum absolute atomic E-state index is 0.0574. The van der Waals surface area contributed by atoms with E-state index in [4.69, 9.17) is 0 Å². The molecule has 0 radical (unpaired) electrons. The van der Waals surface area contributed by atoms with Crippen molar-refractivity contribution in [2.24, 2.45) is 0 Å². The first-order valence-electron chi connectivity index (χ1n) is 8.12. The second-order valence-electron chi connectivity index (χ2n) is 6.61. The van der Waals surface area contributed by atoms with Gasteiger partial charge in [0.2, 0.25) is 5.91 Å². The van der Waals surface area contributed by atoms with E-state index in [1.807, 2.05) is 39.0 Å². The van der Waals surface area contributed by atoms with Gasteiger partial charge in [-0.3, -0.25) is 14.3 Å². The molecule has 2 heterocycles. The molecule has 1 aliphatic heterocycles. The minimum Gasteiger partial charge on any atom is -0.321 e. The summed E-state index contributed by atoms with van der Waals surface area (Å²) in [6.07, 6.45) is 2.54. The summed E-state index contributed by atoms with van der Waals surface area (Å²) in [6, 6.07) is 7.29. The highest BCUT2D eigenvalue weighted by Crippen LogP contribution is 2.41. The predicted octanol–water partition coefficient (Wildman–Crippen LogP) is 2.80. The molecule has 0 unspecified atom stereocenters. The molecule has 1 aromatic heterocycles. The zero-order valence-electron chi connectivity index (χ0n) is 14.5. The van der Waals surface area contributed by atoms with Crippen LogP contribution in [0.15, 0.2) is 30.5 Å². The first kappa shape index (κ1) is 16.2. The number of nitrogens with zero attached hydrogens (tertiary/aromatic N) is 3. The molecule has 2 aromatic rings. The molecular formula is C18H22N4O2. The number of likely N-dealkylation sites (N-methyl/N-ethyl adjacent to an activating group) is 1. The van der Waals surface area contributed by atoms with Gasteiger partial charge in [0, 0.05) is 31.2 Å². The molecule has 0 fully saturated rings. The van der Waals surface area contributed by atoms with Crippen LogP contribution in [0.25, 0.3) is 0 Å². The van der Waals surface area contributed by atoms with Crippen molar-refractivity contribution < 1.29 is 9.59 Å². The van der Waals surface area contributed by atoms with Gasteiger partial charge in [-0.15, -0.1) is 0 Å². The lowest BCUT2D eigenvalue weighted by Crippen LogP contribution is -2.33. The third kappa shape index (κ3) is 2.48. The number of anilines is 2. The summed E-state index contributed by atoms with van der Waals surface area (Å²) in [5.74, 6) is -0.140. The van der Waals surface area contributed by atoms with Crippen LogP contribution in [0, 0.1) is 0 Å². The largest absolute Gasteiger partial charge is 0.321 e. The number of fused-ring (bicyclic) bond motifs is 1. The van der Waals surface area contributed by atoms with Crippen LogP contribution in [0.3, 0.4) is 0 Å². The van der Waals surface area contributed by atoms with Gasteiger partial charge >= 0.3 is 0 Å². The molecule has 3 rings (SSSR count). The standard InChI is InChI=1S/C18H22N4O2/c1-5-10-22-15(8-9-19-22)16(23)20-12-6-7-14-13(11-12)18(2,3)17(24)21(14)4/h6-9,11H,5,10H2,1-4H3,(H,20,23). The van der Waals surface area contributed by atoms with Crippen molar-refractivity contribution in [3.8, 4) is 0 Å². The van der Waals surface area contributed by atoms with E-state index in [0.29, 0.717) is 17.9 Å². The lowest BCUT2D eigenvalue weighted by atomic mass is 9.86. The summed E-state index contributed by atoms with van der Waals surface area (Å²) in [5, 5.41) is 7.08. The molecule has 0 saturated heterocycles. The maximum atomic E-state index is 12.5. The Morgan fingerprint density at radius 2 is 2.04 bits per heavy atom. The van der Waals surface area contributed by atoms with E-state index < -0.39 is 5.41 Å². The molecule has 126 valence electrons. The van der Waals surface area contributed by atoms with E-state index in [2.05, 4.69) is 10.4 Å². The molecule has 0 spiro atoms. The molecule has 2 amide bonds. The third-order valence-electron chi connectivity index (χ3n) is 4.51. The van der Waals surface area contributed by atoms with Crippen LogP contribution in [0.1, 0.15) is 43.2 Å². The van der Waals surface area contributed by atoms with E-state index >= 15 is 0 Å². The zero-order valence-corrected chi connectivity index (χ0v) is 14.5. The van der Waals surface area contributed by atoms with Crippen LogP contribution in [0.4, 0.5) is 11.4 Å². The minimum atomic E-state index is -0.588. The van der Waals surface area contributed by atoms with Gasteiger partial charge in [-0.2, -0.15) is 5.10 Å². The summed E-state index contributed by atoms with van der Waals surface area (Å²) in [7, 11) is 1.78. The molecule has 0 saturated carbocycles. The molecule has 0 aliphatic carbocycles. The van der Waals surface area contributed by atoms with E-state index in [1.54, 1.807) is 28.9 Å².